The predicted molar refractivity (Wildman–Crippen MR) is 177 cm³/mol. The normalized spacial score (nSPS) is 9.78. The number of nitro groups is 2. The molecule has 272 valence electrons. The third-order valence-electron chi connectivity index (χ3n) is 6.28. The topological polar surface area (TPSA) is 222 Å². The molecule has 0 aliphatic carbocycles. The van der Waals surface area contributed by atoms with Crippen LogP contribution < -0.4 is 18.9 Å². The standard InChI is InChI=1S/C14H19NO7.C13H15NO7.C6H6O/c1-19-9-10-7-12(20-2)13(8-11(10)15(17)18)22-6-4-5-14(16)21-3;1-19-11-6-9(8-15)10(14(17)18)7-12(11)21-5-3-4-13(16)20-2;7-6-4-2-1-3-5-6/h7-8H,4-6,9H2,1-3H3;6-8H,3-5H2,1-2H3;1-5,7H. The first kappa shape index (κ1) is 42.1. The number of carbonyl (C=O) groups excluding carboxylic acids is 3. The minimum Gasteiger partial charge on any atom is -0.508 e. The largest absolute Gasteiger partial charge is 0.508 e. The molecule has 3 aromatic carbocycles. The highest BCUT2D eigenvalue weighted by atomic mass is 16.6. The summed E-state index contributed by atoms with van der Waals surface area (Å²) in [5.74, 6) is 0.586. The molecular weight excluding hydrogens is 664 g/mol. The minimum atomic E-state index is -0.676. The van der Waals surface area contributed by atoms with Crippen molar-refractivity contribution in [1.29, 1.82) is 0 Å². The van der Waals surface area contributed by atoms with Gasteiger partial charge in [-0.25, -0.2) is 0 Å². The number of methoxy groups -OCH3 is 5. The molecule has 0 unspecified atom stereocenters. The van der Waals surface area contributed by atoms with Gasteiger partial charge in [-0.2, -0.15) is 0 Å². The van der Waals surface area contributed by atoms with E-state index in [1.165, 1.54) is 53.7 Å². The number of hydrogen-bond acceptors (Lipinski definition) is 15. The molecule has 0 atom stereocenters. The second-order valence-corrected chi connectivity index (χ2v) is 9.65. The molecule has 17 nitrogen and oxygen atoms in total. The van der Waals surface area contributed by atoms with E-state index in [1.54, 1.807) is 24.3 Å². The van der Waals surface area contributed by atoms with Crippen molar-refractivity contribution in [2.75, 3.05) is 48.8 Å². The van der Waals surface area contributed by atoms with Gasteiger partial charge in [0.1, 0.15) is 5.75 Å². The summed E-state index contributed by atoms with van der Waals surface area (Å²) >= 11 is 0. The number of phenolic OH excluding ortho intramolecular Hbond substituents is 1. The third kappa shape index (κ3) is 14.8. The monoisotopic (exact) mass is 704 g/mol. The number of hydrogen-bond donors (Lipinski definition) is 1. The number of benzene rings is 3. The van der Waals surface area contributed by atoms with Crippen molar-refractivity contribution in [3.63, 3.8) is 0 Å². The van der Waals surface area contributed by atoms with Gasteiger partial charge < -0.3 is 38.3 Å². The van der Waals surface area contributed by atoms with Crippen molar-refractivity contribution in [3.8, 4) is 28.7 Å². The summed E-state index contributed by atoms with van der Waals surface area (Å²) in [4.78, 5) is 53.6. The molecule has 17 heteroatoms. The van der Waals surface area contributed by atoms with Crippen LogP contribution in [0.3, 0.4) is 0 Å². The Morgan fingerprint density at radius 1 is 0.720 bits per heavy atom. The van der Waals surface area contributed by atoms with E-state index in [-0.39, 0.29) is 78.8 Å². The van der Waals surface area contributed by atoms with Gasteiger partial charge in [-0.3, -0.25) is 34.6 Å². The smallest absolute Gasteiger partial charge is 0.305 e. The van der Waals surface area contributed by atoms with Crippen LogP contribution in [0.4, 0.5) is 11.4 Å². The van der Waals surface area contributed by atoms with Gasteiger partial charge in [0.15, 0.2) is 29.3 Å². The number of esters is 2. The van der Waals surface area contributed by atoms with Crippen molar-refractivity contribution in [2.24, 2.45) is 0 Å². The first-order valence-corrected chi connectivity index (χ1v) is 14.7. The zero-order valence-corrected chi connectivity index (χ0v) is 28.3. The number of rotatable bonds is 17. The van der Waals surface area contributed by atoms with Crippen LogP contribution in [-0.2, 0) is 30.4 Å². The van der Waals surface area contributed by atoms with Crippen LogP contribution in [0.5, 0.6) is 28.7 Å². The number of aldehydes is 1. The van der Waals surface area contributed by atoms with Crippen LogP contribution in [0.25, 0.3) is 0 Å². The van der Waals surface area contributed by atoms with Crippen LogP contribution in [-0.4, -0.2) is 81.9 Å². The van der Waals surface area contributed by atoms with E-state index >= 15 is 0 Å². The van der Waals surface area contributed by atoms with Gasteiger partial charge >= 0.3 is 11.9 Å². The van der Waals surface area contributed by atoms with E-state index in [1.807, 2.05) is 6.07 Å². The molecule has 1 N–H and O–H groups in total. The van der Waals surface area contributed by atoms with Crippen LogP contribution in [0, 0.1) is 20.2 Å². The molecule has 0 radical (unpaired) electrons. The molecular formula is C33H40N2O15. The Hall–Kier alpha value is -5.97. The number of para-hydroxylation sites is 1. The minimum absolute atomic E-state index is 0.0926. The molecule has 3 aromatic rings. The summed E-state index contributed by atoms with van der Waals surface area (Å²) in [6.45, 7) is 0.463. The van der Waals surface area contributed by atoms with Crippen LogP contribution >= 0.6 is 0 Å². The van der Waals surface area contributed by atoms with E-state index in [2.05, 4.69) is 9.47 Å². The SMILES string of the molecule is COC(=O)CCCOc1cc([N+](=O)[O-])c(C=O)cc1OC.COCc1cc(OC)c(OCCCC(=O)OC)cc1[N+](=O)[O-].Oc1ccccc1. The zero-order chi connectivity index (χ0) is 37.5. The van der Waals surface area contributed by atoms with Crippen molar-refractivity contribution >= 4 is 29.6 Å². The van der Waals surface area contributed by atoms with Gasteiger partial charge in [0.25, 0.3) is 11.4 Å². The number of phenols is 1. The fourth-order valence-corrected chi connectivity index (χ4v) is 3.82. The number of ether oxygens (including phenoxy) is 7. The molecule has 0 saturated carbocycles. The molecule has 0 spiro atoms. The summed E-state index contributed by atoms with van der Waals surface area (Å²) in [6, 6.07) is 13.9. The molecule has 0 amide bonds. The zero-order valence-electron chi connectivity index (χ0n) is 28.3. The number of nitro benzene ring substituents is 2. The van der Waals surface area contributed by atoms with Crippen LogP contribution in [0.15, 0.2) is 54.6 Å². The Balaban J connectivity index is 0.000000418. The lowest BCUT2D eigenvalue weighted by atomic mass is 10.1. The average molecular weight is 705 g/mol. The summed E-state index contributed by atoms with van der Waals surface area (Å²) in [6.07, 6.45) is 1.58. The van der Waals surface area contributed by atoms with E-state index < -0.39 is 9.85 Å². The lowest BCUT2D eigenvalue weighted by Crippen LogP contribution is -2.06. The van der Waals surface area contributed by atoms with E-state index in [0.29, 0.717) is 36.2 Å². The third-order valence-corrected chi connectivity index (χ3v) is 6.28. The van der Waals surface area contributed by atoms with Crippen molar-refractivity contribution < 1.29 is 62.5 Å². The molecule has 0 saturated heterocycles. The first-order valence-electron chi connectivity index (χ1n) is 14.7. The first-order chi connectivity index (χ1) is 23.9. The molecule has 0 heterocycles. The molecule has 0 aromatic heterocycles. The molecule has 0 aliphatic rings. The second-order valence-electron chi connectivity index (χ2n) is 9.65. The Morgan fingerprint density at radius 2 is 1.20 bits per heavy atom. The predicted octanol–water partition coefficient (Wildman–Crippen LogP) is 5.22. The maximum absolute atomic E-state index is 11.1. The summed E-state index contributed by atoms with van der Waals surface area (Å²) in [5, 5.41) is 30.6. The van der Waals surface area contributed by atoms with E-state index in [0.717, 1.165) is 6.07 Å². The Bertz CT molecular complexity index is 1550. The van der Waals surface area contributed by atoms with Crippen molar-refractivity contribution in [3.05, 3.63) is 86.0 Å². The van der Waals surface area contributed by atoms with Gasteiger partial charge in [0, 0.05) is 26.0 Å². The number of aromatic hydroxyl groups is 1. The van der Waals surface area contributed by atoms with E-state index in [9.17, 15) is 34.6 Å². The Morgan fingerprint density at radius 3 is 1.58 bits per heavy atom. The van der Waals surface area contributed by atoms with Gasteiger partial charge in [0.2, 0.25) is 0 Å². The molecule has 0 bridgehead atoms. The summed E-state index contributed by atoms with van der Waals surface area (Å²) in [7, 11) is 6.85. The average Bonchev–Trinajstić information content (AvgIpc) is 3.12. The number of nitrogens with zero attached hydrogens (tertiary/aromatic N) is 2. The van der Waals surface area contributed by atoms with Crippen LogP contribution in [0.2, 0.25) is 0 Å². The quantitative estimate of drug-likeness (QED) is 0.0625. The fourth-order valence-electron chi connectivity index (χ4n) is 3.82. The highest BCUT2D eigenvalue weighted by molar-refractivity contribution is 5.83. The van der Waals surface area contributed by atoms with Crippen molar-refractivity contribution in [2.45, 2.75) is 32.3 Å². The highest BCUT2D eigenvalue weighted by Crippen LogP contribution is 2.36. The Kier molecular flexibility index (Phi) is 19.7. The lowest BCUT2D eigenvalue weighted by Gasteiger charge is -2.12. The molecule has 0 aliphatic heterocycles. The second kappa shape index (κ2) is 23.4. The van der Waals surface area contributed by atoms with Gasteiger partial charge in [-0.15, -0.1) is 0 Å². The maximum Gasteiger partial charge on any atom is 0.305 e. The summed E-state index contributed by atoms with van der Waals surface area (Å²) in [5.41, 5.74) is -0.176. The maximum atomic E-state index is 11.1. The number of carbonyl (C=O) groups is 3. The Labute approximate surface area is 287 Å². The van der Waals surface area contributed by atoms with Gasteiger partial charge in [-0.05, 0) is 31.0 Å². The lowest BCUT2D eigenvalue weighted by molar-refractivity contribution is -0.386. The van der Waals surface area contributed by atoms with Gasteiger partial charge in [-0.1, -0.05) is 18.2 Å². The van der Waals surface area contributed by atoms with Gasteiger partial charge in [0.05, 0.1) is 81.4 Å². The summed E-state index contributed by atoms with van der Waals surface area (Å²) < 4.78 is 35.0. The highest BCUT2D eigenvalue weighted by Gasteiger charge is 2.21. The fraction of sp³-hybridized carbons (Fsp3) is 0.364. The van der Waals surface area contributed by atoms with E-state index in [4.69, 9.17) is 28.8 Å². The van der Waals surface area contributed by atoms with Crippen LogP contribution in [0.1, 0.15) is 41.6 Å². The molecule has 3 rings (SSSR count). The van der Waals surface area contributed by atoms with Crippen molar-refractivity contribution in [1.82, 2.24) is 0 Å². The molecule has 0 fully saturated rings. The molecule has 50 heavy (non-hydrogen) atoms.